The van der Waals surface area contributed by atoms with Crippen molar-refractivity contribution in [1.29, 1.82) is 0 Å². The zero-order chi connectivity index (χ0) is 23.1. The molecule has 0 saturated carbocycles. The van der Waals surface area contributed by atoms with Crippen LogP contribution in [-0.4, -0.2) is 24.0 Å². The van der Waals surface area contributed by atoms with E-state index in [0.717, 1.165) is 40.4 Å². The molecule has 0 unspecified atom stereocenters. The SMILES string of the molecule is Cc1cc2c(c3c1C(=O)/C(=C/c1c(Cl)cccc1Cl)O3)CN(CCc1ccccc1Cl)CO2. The van der Waals surface area contributed by atoms with Crippen molar-refractivity contribution in [3.8, 4) is 11.5 Å². The third kappa shape index (κ3) is 4.24. The first kappa shape index (κ1) is 22.3. The summed E-state index contributed by atoms with van der Waals surface area (Å²) in [5.74, 6) is 1.30. The molecule has 7 heteroatoms. The fourth-order valence-electron chi connectivity index (χ4n) is 4.18. The lowest BCUT2D eigenvalue weighted by atomic mass is 9.98. The Balaban J connectivity index is 1.43. The van der Waals surface area contributed by atoms with Gasteiger partial charge in [-0.1, -0.05) is 59.1 Å². The molecule has 0 N–H and O–H groups in total. The fourth-order valence-corrected chi connectivity index (χ4v) is 4.92. The molecule has 2 heterocycles. The maximum absolute atomic E-state index is 13.2. The first-order chi connectivity index (χ1) is 15.9. The number of nitrogens with zero attached hydrogens (tertiary/aromatic N) is 1. The van der Waals surface area contributed by atoms with Gasteiger partial charge in [0.2, 0.25) is 5.78 Å². The molecule has 0 atom stereocenters. The molecule has 0 amide bonds. The highest BCUT2D eigenvalue weighted by Gasteiger charge is 2.35. The van der Waals surface area contributed by atoms with Gasteiger partial charge >= 0.3 is 0 Å². The lowest BCUT2D eigenvalue weighted by Crippen LogP contribution is -2.34. The number of aryl methyl sites for hydroxylation is 1. The highest BCUT2D eigenvalue weighted by Crippen LogP contribution is 2.44. The quantitative estimate of drug-likeness (QED) is 0.363. The van der Waals surface area contributed by atoms with Crippen LogP contribution < -0.4 is 9.47 Å². The predicted molar refractivity (Wildman–Crippen MR) is 132 cm³/mol. The highest BCUT2D eigenvalue weighted by molar-refractivity contribution is 6.37. The van der Waals surface area contributed by atoms with Crippen LogP contribution in [0.3, 0.4) is 0 Å². The maximum Gasteiger partial charge on any atom is 0.232 e. The van der Waals surface area contributed by atoms with E-state index in [4.69, 9.17) is 44.3 Å². The molecular formula is C26H20Cl3NO3. The lowest BCUT2D eigenvalue weighted by Gasteiger charge is -2.30. The minimum atomic E-state index is -0.186. The Morgan fingerprint density at radius 3 is 2.52 bits per heavy atom. The number of hydrogen-bond donors (Lipinski definition) is 0. The van der Waals surface area contributed by atoms with Crippen molar-refractivity contribution in [1.82, 2.24) is 4.90 Å². The number of carbonyl (C=O) groups excluding carboxylic acids is 1. The second-order valence-corrected chi connectivity index (χ2v) is 9.34. The first-order valence-electron chi connectivity index (χ1n) is 10.6. The molecule has 4 nitrogen and oxygen atoms in total. The smallest absolute Gasteiger partial charge is 0.232 e. The Morgan fingerprint density at radius 2 is 1.76 bits per heavy atom. The van der Waals surface area contributed by atoms with Crippen molar-refractivity contribution in [2.24, 2.45) is 0 Å². The van der Waals surface area contributed by atoms with Crippen LogP contribution in [0.4, 0.5) is 0 Å². The van der Waals surface area contributed by atoms with Crippen LogP contribution in [0.2, 0.25) is 15.1 Å². The van der Waals surface area contributed by atoms with E-state index in [9.17, 15) is 4.79 Å². The molecule has 0 bridgehead atoms. The van der Waals surface area contributed by atoms with Gasteiger partial charge in [0.25, 0.3) is 0 Å². The molecule has 0 spiro atoms. The molecule has 33 heavy (non-hydrogen) atoms. The summed E-state index contributed by atoms with van der Waals surface area (Å²) < 4.78 is 12.1. The Labute approximate surface area is 207 Å². The number of fused-ring (bicyclic) bond motifs is 3. The van der Waals surface area contributed by atoms with E-state index in [1.165, 1.54) is 0 Å². The lowest BCUT2D eigenvalue weighted by molar-refractivity contribution is 0.0949. The number of benzene rings is 3. The van der Waals surface area contributed by atoms with Crippen molar-refractivity contribution in [2.45, 2.75) is 19.9 Å². The molecule has 0 aliphatic carbocycles. The van der Waals surface area contributed by atoms with Gasteiger partial charge in [0.1, 0.15) is 18.2 Å². The van der Waals surface area contributed by atoms with Crippen LogP contribution in [0.15, 0.2) is 54.3 Å². The number of rotatable bonds is 4. The van der Waals surface area contributed by atoms with Crippen molar-refractivity contribution < 1.29 is 14.3 Å². The zero-order valence-electron chi connectivity index (χ0n) is 17.8. The Bertz CT molecular complexity index is 1280. The van der Waals surface area contributed by atoms with Crippen LogP contribution in [0.1, 0.15) is 32.6 Å². The van der Waals surface area contributed by atoms with E-state index in [2.05, 4.69) is 4.90 Å². The summed E-state index contributed by atoms with van der Waals surface area (Å²) in [6.07, 6.45) is 2.40. The van der Waals surface area contributed by atoms with E-state index in [0.29, 0.717) is 40.2 Å². The minimum Gasteiger partial charge on any atom is -0.478 e. The maximum atomic E-state index is 13.2. The summed E-state index contributed by atoms with van der Waals surface area (Å²) in [4.78, 5) is 15.4. The predicted octanol–water partition coefficient (Wildman–Crippen LogP) is 6.97. The number of ketones is 1. The van der Waals surface area contributed by atoms with E-state index in [1.54, 1.807) is 24.3 Å². The van der Waals surface area contributed by atoms with Crippen LogP contribution in [0.5, 0.6) is 11.5 Å². The molecule has 2 aliphatic rings. The van der Waals surface area contributed by atoms with Gasteiger partial charge in [0.15, 0.2) is 5.76 Å². The van der Waals surface area contributed by atoms with E-state index >= 15 is 0 Å². The largest absolute Gasteiger partial charge is 0.478 e. The van der Waals surface area contributed by atoms with Crippen LogP contribution >= 0.6 is 34.8 Å². The molecule has 5 rings (SSSR count). The number of carbonyl (C=O) groups is 1. The van der Waals surface area contributed by atoms with Gasteiger partial charge in [-0.15, -0.1) is 0 Å². The molecule has 168 valence electrons. The van der Waals surface area contributed by atoms with Gasteiger partial charge in [-0.2, -0.15) is 0 Å². The summed E-state index contributed by atoms with van der Waals surface area (Å²) in [5.41, 5.74) is 3.88. The van der Waals surface area contributed by atoms with Gasteiger partial charge < -0.3 is 9.47 Å². The molecule has 0 radical (unpaired) electrons. The number of hydrogen-bond acceptors (Lipinski definition) is 4. The first-order valence-corrected chi connectivity index (χ1v) is 11.7. The van der Waals surface area contributed by atoms with Crippen molar-refractivity contribution >= 4 is 46.7 Å². The Kier molecular flexibility index (Phi) is 6.11. The molecule has 2 aliphatic heterocycles. The van der Waals surface area contributed by atoms with Crippen molar-refractivity contribution in [2.75, 3.05) is 13.3 Å². The summed E-state index contributed by atoms with van der Waals surface area (Å²) in [5, 5.41) is 1.67. The highest BCUT2D eigenvalue weighted by atomic mass is 35.5. The second-order valence-electron chi connectivity index (χ2n) is 8.12. The summed E-state index contributed by atoms with van der Waals surface area (Å²) in [6.45, 7) is 3.72. The normalized spacial score (nSPS) is 16.4. The molecule has 3 aromatic carbocycles. The number of halogens is 3. The Morgan fingerprint density at radius 1 is 1.03 bits per heavy atom. The standard InChI is InChI=1S/C26H20Cl3NO3/c1-15-11-22-18(13-30(14-32-22)10-9-16-5-2-3-6-19(16)27)26-24(15)25(31)23(33-26)12-17-20(28)7-4-8-21(17)29/h2-8,11-12H,9-10,13-14H2,1H3/b23-12-. The number of allylic oxidation sites excluding steroid dienone is 1. The number of ether oxygens (including phenoxy) is 2. The van der Waals surface area contributed by atoms with Gasteiger partial charge in [-0.25, -0.2) is 0 Å². The third-order valence-corrected chi connectivity index (χ3v) is 6.95. The molecule has 0 aromatic heterocycles. The summed E-state index contributed by atoms with van der Waals surface area (Å²) in [6, 6.07) is 15.0. The number of Topliss-reactive ketones (excluding diaryl/α,β-unsaturated/α-hetero) is 1. The van der Waals surface area contributed by atoms with Crippen molar-refractivity contribution in [3.63, 3.8) is 0 Å². The van der Waals surface area contributed by atoms with Crippen LogP contribution in [0, 0.1) is 6.92 Å². The molecule has 0 fully saturated rings. The van der Waals surface area contributed by atoms with Crippen LogP contribution in [0.25, 0.3) is 6.08 Å². The third-order valence-electron chi connectivity index (χ3n) is 5.92. The van der Waals surface area contributed by atoms with Gasteiger partial charge in [0, 0.05) is 33.7 Å². The van der Waals surface area contributed by atoms with Gasteiger partial charge in [-0.05, 0) is 54.8 Å². The molecular weight excluding hydrogens is 481 g/mol. The van der Waals surface area contributed by atoms with E-state index in [-0.39, 0.29) is 11.5 Å². The average Bonchev–Trinajstić information content (AvgIpc) is 3.13. The van der Waals surface area contributed by atoms with Crippen LogP contribution in [-0.2, 0) is 13.0 Å². The molecule has 3 aromatic rings. The van der Waals surface area contributed by atoms with E-state index in [1.807, 2.05) is 37.3 Å². The summed E-state index contributed by atoms with van der Waals surface area (Å²) in [7, 11) is 0. The average molecular weight is 501 g/mol. The summed E-state index contributed by atoms with van der Waals surface area (Å²) >= 11 is 18.9. The second kappa shape index (κ2) is 9.03. The fraction of sp³-hybridized carbons (Fsp3) is 0.192. The van der Waals surface area contributed by atoms with E-state index < -0.39 is 0 Å². The van der Waals surface area contributed by atoms with Gasteiger partial charge in [0.05, 0.1) is 11.1 Å². The Hall–Kier alpha value is -2.50. The molecule has 0 saturated heterocycles. The topological polar surface area (TPSA) is 38.8 Å². The van der Waals surface area contributed by atoms with Crippen molar-refractivity contribution in [3.05, 3.63) is 97.2 Å². The monoisotopic (exact) mass is 499 g/mol. The zero-order valence-corrected chi connectivity index (χ0v) is 20.1. The minimum absolute atomic E-state index is 0.186. The van der Waals surface area contributed by atoms with Gasteiger partial charge in [-0.3, -0.25) is 9.69 Å².